The number of H-pyrrole nitrogens is 1. The zero-order valence-corrected chi connectivity index (χ0v) is 13.3. The van der Waals surface area contributed by atoms with Crippen LogP contribution < -0.4 is 5.32 Å². The van der Waals surface area contributed by atoms with Crippen LogP contribution in [-0.4, -0.2) is 37.1 Å². The van der Waals surface area contributed by atoms with Gasteiger partial charge in [0.2, 0.25) is 0 Å². The predicted octanol–water partition coefficient (Wildman–Crippen LogP) is 1.60. The second-order valence-electron chi connectivity index (χ2n) is 5.88. The van der Waals surface area contributed by atoms with Crippen LogP contribution >= 0.6 is 0 Å². The summed E-state index contributed by atoms with van der Waals surface area (Å²) in [6, 6.07) is 1.23. The van der Waals surface area contributed by atoms with Crippen LogP contribution in [0.3, 0.4) is 0 Å². The molecule has 128 valence electrons. The summed E-state index contributed by atoms with van der Waals surface area (Å²) >= 11 is 0. The summed E-state index contributed by atoms with van der Waals surface area (Å²) in [4.78, 5) is 24.6. The summed E-state index contributed by atoms with van der Waals surface area (Å²) in [6.45, 7) is 1.45. The quantitative estimate of drug-likeness (QED) is 0.473. The number of rotatable bonds is 6. The van der Waals surface area contributed by atoms with E-state index in [-0.39, 0.29) is 17.3 Å². The molecule has 1 aliphatic heterocycles. The number of nitrogens with zero attached hydrogens (tertiary/aromatic N) is 4. The fraction of sp³-hybridized carbons (Fsp3) is 0.533. The third-order valence-corrected chi connectivity index (χ3v) is 4.17. The highest BCUT2D eigenvalue weighted by atomic mass is 16.6. The number of nitro groups is 1. The van der Waals surface area contributed by atoms with Crippen LogP contribution in [0, 0.1) is 10.1 Å². The van der Waals surface area contributed by atoms with Crippen molar-refractivity contribution in [3.63, 3.8) is 0 Å². The Balaban J connectivity index is 1.47. The first-order valence-corrected chi connectivity index (χ1v) is 8.17. The molecule has 0 bridgehead atoms. The van der Waals surface area contributed by atoms with E-state index in [1.807, 2.05) is 0 Å². The number of fused-ring (bicyclic) bond motifs is 1. The normalized spacial score (nSPS) is 14.0. The fourth-order valence-corrected chi connectivity index (χ4v) is 2.89. The Hall–Kier alpha value is -2.71. The number of nitrogens with one attached hydrogen (secondary N) is 2. The van der Waals surface area contributed by atoms with Crippen LogP contribution in [0.15, 0.2) is 12.3 Å². The largest absolute Gasteiger partial charge is 0.351 e. The summed E-state index contributed by atoms with van der Waals surface area (Å²) in [5, 5.41) is 21.9. The number of aromatic amines is 1. The Bertz CT molecular complexity index is 735. The van der Waals surface area contributed by atoms with Crippen molar-refractivity contribution < 1.29 is 9.72 Å². The lowest BCUT2D eigenvalue weighted by Crippen LogP contribution is -2.25. The van der Waals surface area contributed by atoms with E-state index in [1.54, 1.807) is 0 Å². The van der Waals surface area contributed by atoms with Gasteiger partial charge in [-0.25, -0.2) is 0 Å². The lowest BCUT2D eigenvalue weighted by molar-refractivity contribution is -0.384. The molecule has 9 nitrogen and oxygen atoms in total. The van der Waals surface area contributed by atoms with Gasteiger partial charge in [-0.2, -0.15) is 0 Å². The summed E-state index contributed by atoms with van der Waals surface area (Å²) < 4.78 is 2.20. The van der Waals surface area contributed by atoms with E-state index < -0.39 is 4.92 Å². The maximum atomic E-state index is 11.9. The Labute approximate surface area is 138 Å². The summed E-state index contributed by atoms with van der Waals surface area (Å²) in [5.74, 6) is 1.69. The molecule has 0 atom stereocenters. The minimum atomic E-state index is -0.537. The van der Waals surface area contributed by atoms with E-state index in [0.29, 0.717) is 6.54 Å². The summed E-state index contributed by atoms with van der Waals surface area (Å²) in [6.07, 6.45) is 7.22. The van der Waals surface area contributed by atoms with Crippen molar-refractivity contribution in [2.75, 3.05) is 6.54 Å². The van der Waals surface area contributed by atoms with Gasteiger partial charge < -0.3 is 14.9 Å². The van der Waals surface area contributed by atoms with Gasteiger partial charge in [-0.15, -0.1) is 10.2 Å². The topological polar surface area (TPSA) is 119 Å². The van der Waals surface area contributed by atoms with Crippen LogP contribution in [-0.2, 0) is 19.4 Å². The van der Waals surface area contributed by atoms with Crippen LogP contribution in [0.25, 0.3) is 0 Å². The number of amides is 1. The van der Waals surface area contributed by atoms with Gasteiger partial charge >= 0.3 is 0 Å². The molecule has 24 heavy (non-hydrogen) atoms. The molecule has 0 aromatic carbocycles. The Morgan fingerprint density at radius 1 is 1.38 bits per heavy atom. The predicted molar refractivity (Wildman–Crippen MR) is 85.7 cm³/mol. The molecule has 0 fully saturated rings. The third-order valence-electron chi connectivity index (χ3n) is 4.17. The van der Waals surface area contributed by atoms with Gasteiger partial charge in [0.25, 0.3) is 11.6 Å². The minimum absolute atomic E-state index is 0.119. The van der Waals surface area contributed by atoms with Crippen molar-refractivity contribution in [3.05, 3.63) is 39.7 Å². The monoisotopic (exact) mass is 332 g/mol. The van der Waals surface area contributed by atoms with Gasteiger partial charge in [-0.1, -0.05) is 6.42 Å². The summed E-state index contributed by atoms with van der Waals surface area (Å²) in [7, 11) is 0. The van der Waals surface area contributed by atoms with Gasteiger partial charge in [-0.05, 0) is 19.3 Å². The molecule has 2 N–H and O–H groups in total. The number of carbonyl (C=O) groups is 1. The van der Waals surface area contributed by atoms with Crippen molar-refractivity contribution in [2.45, 2.75) is 45.1 Å². The molecule has 1 amide bonds. The van der Waals surface area contributed by atoms with Crippen molar-refractivity contribution in [1.29, 1.82) is 0 Å². The highest BCUT2D eigenvalue weighted by Gasteiger charge is 2.15. The van der Waals surface area contributed by atoms with E-state index in [0.717, 1.165) is 50.3 Å². The Morgan fingerprint density at radius 3 is 3.04 bits per heavy atom. The number of aromatic nitrogens is 4. The molecular formula is C15H20N6O3. The van der Waals surface area contributed by atoms with Crippen molar-refractivity contribution in [1.82, 2.24) is 25.1 Å². The molecule has 0 radical (unpaired) electrons. The molecule has 0 saturated heterocycles. The number of aryl methyl sites for hydroxylation is 2. The van der Waals surface area contributed by atoms with Gasteiger partial charge in [-0.3, -0.25) is 14.9 Å². The average Bonchev–Trinajstić information content (AvgIpc) is 3.14. The first-order chi connectivity index (χ1) is 11.6. The first-order valence-electron chi connectivity index (χ1n) is 8.17. The second kappa shape index (κ2) is 7.24. The zero-order chi connectivity index (χ0) is 16.9. The average molecular weight is 332 g/mol. The molecule has 0 unspecified atom stereocenters. The molecule has 3 heterocycles. The van der Waals surface area contributed by atoms with Gasteiger partial charge in [0.15, 0.2) is 0 Å². The molecule has 1 aliphatic rings. The molecule has 0 aliphatic carbocycles. The molecule has 0 saturated carbocycles. The highest BCUT2D eigenvalue weighted by Crippen LogP contribution is 2.15. The SMILES string of the molecule is O=C(NCCCc1nnc2n1CCCCC2)c1cc([N+](=O)[O-])c[nH]1. The second-order valence-corrected chi connectivity index (χ2v) is 5.88. The zero-order valence-electron chi connectivity index (χ0n) is 13.3. The molecule has 0 spiro atoms. The van der Waals surface area contributed by atoms with E-state index in [4.69, 9.17) is 0 Å². The van der Waals surface area contributed by atoms with Gasteiger partial charge in [0.05, 0.1) is 11.1 Å². The third kappa shape index (κ3) is 3.61. The highest BCUT2D eigenvalue weighted by molar-refractivity contribution is 5.93. The van der Waals surface area contributed by atoms with E-state index in [1.165, 1.54) is 18.7 Å². The van der Waals surface area contributed by atoms with Crippen molar-refractivity contribution >= 4 is 11.6 Å². The van der Waals surface area contributed by atoms with Gasteiger partial charge in [0.1, 0.15) is 17.3 Å². The molecule has 2 aromatic heterocycles. The molecule has 3 rings (SSSR count). The molecule has 9 heteroatoms. The van der Waals surface area contributed by atoms with E-state index >= 15 is 0 Å². The van der Waals surface area contributed by atoms with E-state index in [2.05, 4.69) is 25.1 Å². The van der Waals surface area contributed by atoms with Crippen LogP contribution in [0.2, 0.25) is 0 Å². The van der Waals surface area contributed by atoms with Crippen LogP contribution in [0.5, 0.6) is 0 Å². The number of hydrogen-bond acceptors (Lipinski definition) is 5. The van der Waals surface area contributed by atoms with Crippen LogP contribution in [0.4, 0.5) is 5.69 Å². The van der Waals surface area contributed by atoms with Crippen molar-refractivity contribution in [3.8, 4) is 0 Å². The summed E-state index contributed by atoms with van der Waals surface area (Å²) in [5.41, 5.74) is 0.0735. The molecular weight excluding hydrogens is 312 g/mol. The maximum Gasteiger partial charge on any atom is 0.287 e. The smallest absolute Gasteiger partial charge is 0.287 e. The number of carbonyl (C=O) groups excluding carboxylic acids is 1. The van der Waals surface area contributed by atoms with Gasteiger partial charge in [0, 0.05) is 32.0 Å². The standard InChI is InChI=1S/C15H20N6O3/c22-15(12-9-11(10-17-12)21(23)24)16-7-4-6-14-19-18-13-5-2-1-3-8-20(13)14/h9-10,17H,1-8H2,(H,16,22). The Kier molecular flexibility index (Phi) is 4.88. The lowest BCUT2D eigenvalue weighted by atomic mass is 10.2. The maximum absolute atomic E-state index is 11.9. The van der Waals surface area contributed by atoms with Crippen LogP contribution in [0.1, 0.15) is 47.8 Å². The lowest BCUT2D eigenvalue weighted by Gasteiger charge is -2.07. The molecule has 2 aromatic rings. The number of hydrogen-bond donors (Lipinski definition) is 2. The van der Waals surface area contributed by atoms with E-state index in [9.17, 15) is 14.9 Å². The Morgan fingerprint density at radius 2 is 2.25 bits per heavy atom. The van der Waals surface area contributed by atoms with Crippen molar-refractivity contribution in [2.24, 2.45) is 0 Å². The first kappa shape index (κ1) is 16.2. The fourth-order valence-electron chi connectivity index (χ4n) is 2.89. The minimum Gasteiger partial charge on any atom is -0.351 e.